The zero-order valence-corrected chi connectivity index (χ0v) is 70.4. The van der Waals surface area contributed by atoms with Gasteiger partial charge in [-0.15, -0.1) is 0 Å². The van der Waals surface area contributed by atoms with Gasteiger partial charge in [0.1, 0.15) is 0 Å². The molecule has 5 aromatic carbocycles. The maximum absolute atomic E-state index is 14.0. The van der Waals surface area contributed by atoms with Crippen molar-refractivity contribution in [2.75, 3.05) is 118 Å². The van der Waals surface area contributed by atoms with Crippen molar-refractivity contribution >= 4 is 99.1 Å². The van der Waals surface area contributed by atoms with Crippen LogP contribution in [0.15, 0.2) is 115 Å². The molecule has 614 valence electrons. The molecule has 5 aromatic rings. The second-order valence-electron chi connectivity index (χ2n) is 32.0. The van der Waals surface area contributed by atoms with Crippen LogP contribution in [-0.2, 0) is 20.9 Å². The lowest BCUT2D eigenvalue weighted by Crippen LogP contribution is -2.51. The zero-order chi connectivity index (χ0) is 79.5. The molecule has 6 aliphatic heterocycles. The van der Waals surface area contributed by atoms with E-state index in [1.54, 1.807) is 35.2 Å². The number of hydrogen-bond acceptors (Lipinski definition) is 12. The van der Waals surface area contributed by atoms with E-state index in [4.69, 9.17) is 69.6 Å². The van der Waals surface area contributed by atoms with E-state index in [1.165, 1.54) is 68.6 Å². The minimum atomic E-state index is -2.69. The summed E-state index contributed by atoms with van der Waals surface area (Å²) in [5.41, 5.74) is 4.50. The van der Waals surface area contributed by atoms with E-state index in [2.05, 4.69) is 115 Å². The highest BCUT2D eigenvalue weighted by molar-refractivity contribution is 6.43. The Labute approximate surface area is 694 Å². The van der Waals surface area contributed by atoms with Crippen LogP contribution >= 0.6 is 69.6 Å². The predicted octanol–water partition coefficient (Wildman–Crippen LogP) is 15.9. The molecule has 12 rings (SSSR count). The van der Waals surface area contributed by atoms with Gasteiger partial charge in [0.2, 0.25) is 17.7 Å². The Kier molecular flexibility index (Phi) is 36.2. The minimum absolute atomic E-state index is 0.0172. The molecule has 6 N–H and O–H groups in total. The summed E-state index contributed by atoms with van der Waals surface area (Å²) < 4.78 is 28.0. The molecule has 9 atom stereocenters. The largest absolute Gasteiger partial charge is 0.350 e. The molecule has 1 saturated carbocycles. The Morgan fingerprint density at radius 1 is 0.455 bits per heavy atom. The fourth-order valence-corrected chi connectivity index (χ4v) is 17.7. The van der Waals surface area contributed by atoms with Crippen molar-refractivity contribution in [3.63, 3.8) is 0 Å². The van der Waals surface area contributed by atoms with Crippen LogP contribution in [0.3, 0.4) is 0 Å². The second-order valence-corrected chi connectivity index (χ2v) is 34.4. The molecule has 5 amide bonds. The summed E-state index contributed by atoms with van der Waals surface area (Å²) in [6, 6.07) is 35.4. The van der Waals surface area contributed by atoms with Gasteiger partial charge in [0, 0.05) is 133 Å². The van der Waals surface area contributed by atoms with Gasteiger partial charge in [0.25, 0.3) is 17.7 Å². The van der Waals surface area contributed by atoms with Gasteiger partial charge < -0.3 is 56.4 Å². The average molecular weight is 1660 g/mol. The Morgan fingerprint density at radius 2 is 0.857 bits per heavy atom. The number of amides is 5. The van der Waals surface area contributed by atoms with E-state index in [-0.39, 0.29) is 78.6 Å². The van der Waals surface area contributed by atoms with Crippen molar-refractivity contribution < 1.29 is 32.8 Å². The van der Waals surface area contributed by atoms with E-state index in [0.29, 0.717) is 112 Å². The lowest BCUT2D eigenvalue weighted by molar-refractivity contribution is -0.134. The first-order valence-corrected chi connectivity index (χ1v) is 43.8. The SMILES string of the molecule is CCC(CN1CC[C@@H](CNC(=O)c2ccc(Cl)c(Cl)c2)N[C@@H](CCN2CCCCC2)C1=O)C1CC1.CC[C@H](CN1CC[C@@H](CNC(=O)c2ccc(Cl)c(Cl)c2)N[C@@H](CCN2CCCC(F)(F)C2)C1=O)c1ccccc1.CC[C@H](CN1CC[C@@H](CNCc2ccc(Cl)c(Cl)c2)N[C@@H](CCN2CCCCC2)C1=O)c1ccccc1. The Balaban J connectivity index is 0.000000179. The summed E-state index contributed by atoms with van der Waals surface area (Å²) in [7, 11) is 0. The predicted molar refractivity (Wildman–Crippen MR) is 452 cm³/mol. The van der Waals surface area contributed by atoms with E-state index >= 15 is 0 Å². The summed E-state index contributed by atoms with van der Waals surface area (Å²) >= 11 is 36.4. The number of piperidine rings is 3. The summed E-state index contributed by atoms with van der Waals surface area (Å²) in [5, 5.41) is 23.0. The van der Waals surface area contributed by atoms with Gasteiger partial charge in [0.05, 0.1) is 54.8 Å². The average Bonchev–Trinajstić information content (AvgIpc) is 1.67. The van der Waals surface area contributed by atoms with Crippen LogP contribution in [-0.4, -0.2) is 219 Å². The first kappa shape index (κ1) is 89.1. The first-order chi connectivity index (χ1) is 54.1. The lowest BCUT2D eigenvalue weighted by Gasteiger charge is -2.34. The fraction of sp³-hybridized carbons (Fsp3) is 0.598. The van der Waals surface area contributed by atoms with Crippen LogP contribution in [0.1, 0.15) is 192 Å². The number of halogens is 8. The van der Waals surface area contributed by atoms with Gasteiger partial charge >= 0.3 is 0 Å². The molecule has 7 fully saturated rings. The van der Waals surface area contributed by atoms with E-state index in [9.17, 15) is 32.8 Å². The minimum Gasteiger partial charge on any atom is -0.350 e. The summed E-state index contributed by atoms with van der Waals surface area (Å²) in [6.45, 7) is 20.5. The molecule has 6 heterocycles. The number of nitrogens with one attached hydrogen (secondary N) is 6. The number of carbonyl (C=O) groups is 5. The molecule has 1 unspecified atom stereocenters. The maximum Gasteiger partial charge on any atom is 0.260 e. The van der Waals surface area contributed by atoms with Gasteiger partial charge in [-0.05, 0) is 206 Å². The maximum atomic E-state index is 14.0. The third-order valence-corrected chi connectivity index (χ3v) is 25.9. The topological polar surface area (TPSA) is 177 Å². The van der Waals surface area contributed by atoms with Crippen LogP contribution in [0, 0.1) is 11.8 Å². The molecule has 6 saturated heterocycles. The normalized spacial score (nSPS) is 23.1. The van der Waals surface area contributed by atoms with Crippen LogP contribution < -0.4 is 31.9 Å². The molecular formula is C87H120Cl6F2N12O5. The van der Waals surface area contributed by atoms with Gasteiger partial charge in [-0.2, -0.15) is 0 Å². The van der Waals surface area contributed by atoms with Crippen molar-refractivity contribution in [3.05, 3.63) is 173 Å². The number of benzene rings is 5. The summed E-state index contributed by atoms with van der Waals surface area (Å²) in [4.78, 5) is 79.7. The number of carbonyl (C=O) groups excluding carboxylic acids is 5. The summed E-state index contributed by atoms with van der Waals surface area (Å²) in [6.07, 6.45) is 18.2. The zero-order valence-electron chi connectivity index (χ0n) is 65.9. The third kappa shape index (κ3) is 28.0. The smallest absolute Gasteiger partial charge is 0.260 e. The third-order valence-electron chi connectivity index (χ3n) is 23.7. The van der Waals surface area contributed by atoms with Crippen LogP contribution in [0.25, 0.3) is 0 Å². The Hall–Kier alpha value is -5.23. The highest BCUT2D eigenvalue weighted by Gasteiger charge is 2.40. The van der Waals surface area contributed by atoms with Crippen molar-refractivity contribution in [1.29, 1.82) is 0 Å². The van der Waals surface area contributed by atoms with Crippen LogP contribution in [0.2, 0.25) is 30.1 Å². The van der Waals surface area contributed by atoms with Crippen molar-refractivity contribution in [2.24, 2.45) is 11.8 Å². The standard InChI is InChI=1S/C30H38Cl2F2N4O2.C30H42Cl2N4O.C27H40Cl2N4O2/c1-2-21(22-7-4-3-5-8-22)19-38-16-11-24(18-35-28(39)23-9-10-25(31)26(32)17-23)36-27(29(38)40)12-15-37-14-6-13-30(33,34)20-37;1-2-24(25-9-5-3-6-10-25)22-36-18-13-26(21-33-20-23-11-12-27(31)28(32)19-23)34-29(30(36)37)14-17-35-15-7-4-8-16-35;1-2-19(20-6-7-20)18-33-15-10-22(17-30-26(34)21-8-9-23(28)24(29)16-21)31-25(27(33)35)11-14-32-12-4-3-5-13-32/h3-5,7-10,17,21,24,27,36H,2,6,11-16,18-20H2,1H3,(H,35,39);3,5-6,9-12,19,24,26,29,33-34H,2,4,7-8,13-18,20-22H2,1H3;8-9,16,19-20,22,25,31H,2-7,10-15,17-18H2,1H3,(H,30,34)/t21-,24+,27+;24-,26+,29+;19?,22-,25-/m110/s1. The highest BCUT2D eigenvalue weighted by atomic mass is 35.5. The van der Waals surface area contributed by atoms with Crippen molar-refractivity contribution in [2.45, 2.75) is 203 Å². The molecular weight excluding hydrogens is 1540 g/mol. The molecule has 0 aromatic heterocycles. The number of hydrogen-bond donors (Lipinski definition) is 6. The number of nitrogens with zero attached hydrogens (tertiary/aromatic N) is 6. The van der Waals surface area contributed by atoms with Gasteiger partial charge in [-0.1, -0.05) is 176 Å². The molecule has 0 spiro atoms. The lowest BCUT2D eigenvalue weighted by atomic mass is 9.95. The molecule has 0 bridgehead atoms. The fourth-order valence-electron chi connectivity index (χ4n) is 16.8. The Bertz CT molecular complexity index is 3770. The quantitative estimate of drug-likeness (QED) is 0.0248. The number of alkyl halides is 2. The number of likely N-dealkylation sites (tertiary alicyclic amines) is 3. The van der Waals surface area contributed by atoms with E-state index in [1.807, 2.05) is 41.3 Å². The monoisotopic (exact) mass is 1660 g/mol. The van der Waals surface area contributed by atoms with E-state index < -0.39 is 12.0 Å². The van der Waals surface area contributed by atoms with Crippen molar-refractivity contribution in [1.82, 2.24) is 61.3 Å². The molecule has 112 heavy (non-hydrogen) atoms. The second kappa shape index (κ2) is 45.5. The highest BCUT2D eigenvalue weighted by Crippen LogP contribution is 2.39. The number of rotatable bonds is 31. The van der Waals surface area contributed by atoms with Gasteiger partial charge in [-0.3, -0.25) is 28.9 Å². The molecule has 7 aliphatic rings. The van der Waals surface area contributed by atoms with Crippen LogP contribution in [0.4, 0.5) is 8.78 Å². The summed E-state index contributed by atoms with van der Waals surface area (Å²) in [5.74, 6) is -0.724. The van der Waals surface area contributed by atoms with E-state index in [0.717, 1.165) is 135 Å². The molecule has 25 heteroatoms. The van der Waals surface area contributed by atoms with Gasteiger partial charge in [0.15, 0.2) is 0 Å². The molecule has 17 nitrogen and oxygen atoms in total. The van der Waals surface area contributed by atoms with Crippen LogP contribution in [0.5, 0.6) is 0 Å². The first-order valence-electron chi connectivity index (χ1n) is 41.5. The van der Waals surface area contributed by atoms with Crippen molar-refractivity contribution in [3.8, 4) is 0 Å². The molecule has 1 aliphatic carbocycles. The Morgan fingerprint density at radius 3 is 1.26 bits per heavy atom. The van der Waals surface area contributed by atoms with Gasteiger partial charge in [-0.25, -0.2) is 8.78 Å². The molecule has 0 radical (unpaired) electrons.